The average Bonchev–Trinajstić information content (AvgIpc) is 3.11. The molecule has 1 aromatic rings. The van der Waals surface area contributed by atoms with Crippen LogP contribution in [-0.2, 0) is 16.1 Å². The third kappa shape index (κ3) is 3.82. The number of hydrogen-bond donors (Lipinski definition) is 1. The van der Waals surface area contributed by atoms with Crippen molar-refractivity contribution in [2.75, 3.05) is 39.5 Å². The molecule has 2 rings (SSSR count). The van der Waals surface area contributed by atoms with Crippen molar-refractivity contribution >= 4 is 17.7 Å². The maximum Gasteiger partial charge on any atom is 0.343 e. The number of aromatic nitrogens is 2. The van der Waals surface area contributed by atoms with E-state index in [1.807, 2.05) is 0 Å². The number of amides is 1. The lowest BCUT2D eigenvalue weighted by Gasteiger charge is -2.26. The highest BCUT2D eigenvalue weighted by atomic mass is 16.5. The summed E-state index contributed by atoms with van der Waals surface area (Å²) in [6, 6.07) is -0.0775. The van der Waals surface area contributed by atoms with Crippen LogP contribution in [0.1, 0.15) is 30.1 Å². The van der Waals surface area contributed by atoms with Crippen LogP contribution in [-0.4, -0.2) is 71.3 Å². The van der Waals surface area contributed by atoms with Crippen LogP contribution < -0.4 is 5.73 Å². The number of carbonyl (C=O) groups is 2. The van der Waals surface area contributed by atoms with Gasteiger partial charge in [-0.1, -0.05) is 0 Å². The van der Waals surface area contributed by atoms with Crippen LogP contribution in [0.15, 0.2) is 6.20 Å². The predicted molar refractivity (Wildman–Crippen MR) is 85.9 cm³/mol. The van der Waals surface area contributed by atoms with Crippen LogP contribution in [0.4, 0.5) is 5.82 Å². The highest BCUT2D eigenvalue weighted by Gasteiger charge is 2.31. The van der Waals surface area contributed by atoms with Gasteiger partial charge in [-0.2, -0.15) is 5.10 Å². The zero-order valence-corrected chi connectivity index (χ0v) is 14.0. The molecule has 0 bridgehead atoms. The molecule has 1 saturated heterocycles. The highest BCUT2D eigenvalue weighted by molar-refractivity contribution is 5.93. The first-order chi connectivity index (χ1) is 11.0. The molecule has 23 heavy (non-hydrogen) atoms. The molecular weight excluding hydrogens is 298 g/mol. The molecule has 0 spiro atoms. The molecule has 128 valence electrons. The molecule has 2 N–H and O–H groups in total. The second-order valence-electron chi connectivity index (χ2n) is 5.81. The van der Waals surface area contributed by atoms with E-state index < -0.39 is 5.97 Å². The van der Waals surface area contributed by atoms with Crippen LogP contribution >= 0.6 is 0 Å². The molecule has 1 aliphatic heterocycles. The Balaban J connectivity index is 1.98. The molecule has 0 unspecified atom stereocenters. The van der Waals surface area contributed by atoms with E-state index in [-0.39, 0.29) is 17.5 Å². The Morgan fingerprint density at radius 3 is 2.83 bits per heavy atom. The van der Waals surface area contributed by atoms with Crippen molar-refractivity contribution < 1.29 is 14.3 Å². The number of ether oxygens (including phenoxy) is 1. The van der Waals surface area contributed by atoms with Gasteiger partial charge in [0.25, 0.3) is 0 Å². The van der Waals surface area contributed by atoms with Crippen molar-refractivity contribution in [2.24, 2.45) is 0 Å². The van der Waals surface area contributed by atoms with E-state index in [0.717, 1.165) is 19.4 Å². The molecule has 1 atom stereocenters. The third-order valence-corrected chi connectivity index (χ3v) is 4.06. The van der Waals surface area contributed by atoms with E-state index in [2.05, 4.69) is 10.00 Å². The molecule has 1 aromatic heterocycles. The van der Waals surface area contributed by atoms with E-state index in [1.54, 1.807) is 30.6 Å². The second kappa shape index (κ2) is 7.45. The summed E-state index contributed by atoms with van der Waals surface area (Å²) >= 11 is 0. The molecule has 0 aliphatic carbocycles. The lowest BCUT2D eigenvalue weighted by atomic mass is 10.2. The van der Waals surface area contributed by atoms with Crippen LogP contribution in [0.3, 0.4) is 0 Å². The minimum atomic E-state index is -0.460. The van der Waals surface area contributed by atoms with Crippen molar-refractivity contribution in [1.82, 2.24) is 19.6 Å². The number of nitrogens with zero attached hydrogens (tertiary/aromatic N) is 4. The molecule has 1 amide bonds. The number of anilines is 1. The van der Waals surface area contributed by atoms with Gasteiger partial charge < -0.3 is 15.4 Å². The van der Waals surface area contributed by atoms with Gasteiger partial charge in [0.15, 0.2) is 0 Å². The van der Waals surface area contributed by atoms with Gasteiger partial charge in [0.1, 0.15) is 11.4 Å². The summed E-state index contributed by atoms with van der Waals surface area (Å²) in [5, 5.41) is 4.15. The van der Waals surface area contributed by atoms with Crippen LogP contribution in [0.5, 0.6) is 0 Å². The Morgan fingerprint density at radius 1 is 1.43 bits per heavy atom. The summed E-state index contributed by atoms with van der Waals surface area (Å²) in [5.74, 6) is -0.0284. The fraction of sp³-hybridized carbons (Fsp3) is 0.667. The quantitative estimate of drug-likeness (QED) is 0.751. The monoisotopic (exact) mass is 323 g/mol. The van der Waals surface area contributed by atoms with Gasteiger partial charge in [0.2, 0.25) is 5.91 Å². The first-order valence-electron chi connectivity index (χ1n) is 7.89. The number of nitrogens with two attached hydrogens (primary N) is 1. The smallest absolute Gasteiger partial charge is 0.343 e. The fourth-order valence-corrected chi connectivity index (χ4v) is 2.83. The first kappa shape index (κ1) is 17.3. The number of likely N-dealkylation sites (tertiary alicyclic amines) is 1. The maximum atomic E-state index is 12.2. The van der Waals surface area contributed by atoms with E-state index in [0.29, 0.717) is 25.5 Å². The summed E-state index contributed by atoms with van der Waals surface area (Å²) in [5.41, 5.74) is 6.25. The molecule has 0 aromatic carbocycles. The number of carbonyl (C=O) groups excluding carboxylic acids is 2. The standard InChI is InChI=1S/C15H25N5O3/c1-4-23-15(22)11-10-17-20(13(11)16)9-8-19-7-5-6-12(19)14(21)18(2)3/h10,12H,4-9,16H2,1-3H3/t12-/m0/s1. The molecule has 8 heteroatoms. The van der Waals surface area contributed by atoms with E-state index in [1.165, 1.54) is 6.20 Å². The van der Waals surface area contributed by atoms with Crippen LogP contribution in [0.25, 0.3) is 0 Å². The molecule has 8 nitrogen and oxygen atoms in total. The zero-order chi connectivity index (χ0) is 17.0. The van der Waals surface area contributed by atoms with Crippen molar-refractivity contribution in [1.29, 1.82) is 0 Å². The fourth-order valence-electron chi connectivity index (χ4n) is 2.83. The molecule has 0 radical (unpaired) electrons. The second-order valence-corrected chi connectivity index (χ2v) is 5.81. The molecule has 1 aliphatic rings. The number of hydrogen-bond acceptors (Lipinski definition) is 6. The highest BCUT2D eigenvalue weighted by Crippen LogP contribution is 2.19. The summed E-state index contributed by atoms with van der Waals surface area (Å²) in [7, 11) is 3.55. The predicted octanol–water partition coefficient (Wildman–Crippen LogP) is 0.195. The summed E-state index contributed by atoms with van der Waals surface area (Å²) < 4.78 is 6.53. The number of nitrogen functional groups attached to an aromatic ring is 1. The number of esters is 1. The Labute approximate surface area is 136 Å². The zero-order valence-electron chi connectivity index (χ0n) is 14.0. The Hall–Kier alpha value is -2.09. The van der Waals surface area contributed by atoms with Gasteiger partial charge in [-0.25, -0.2) is 9.48 Å². The number of likely N-dealkylation sites (N-methyl/N-ethyl adjacent to an activating group) is 1. The van der Waals surface area contributed by atoms with Crippen molar-refractivity contribution in [3.8, 4) is 0 Å². The average molecular weight is 323 g/mol. The molecule has 1 fully saturated rings. The largest absolute Gasteiger partial charge is 0.462 e. The van der Waals surface area contributed by atoms with E-state index in [9.17, 15) is 9.59 Å². The Morgan fingerprint density at radius 2 is 2.17 bits per heavy atom. The minimum absolute atomic E-state index is 0.0775. The SMILES string of the molecule is CCOC(=O)c1cnn(CCN2CCC[C@H]2C(=O)N(C)C)c1N. The summed E-state index contributed by atoms with van der Waals surface area (Å²) in [6.45, 7) is 4.12. The van der Waals surface area contributed by atoms with Gasteiger partial charge in [0, 0.05) is 20.6 Å². The third-order valence-electron chi connectivity index (χ3n) is 4.06. The number of rotatable bonds is 6. The van der Waals surface area contributed by atoms with Gasteiger partial charge in [-0.05, 0) is 26.3 Å². The molecular formula is C15H25N5O3. The lowest BCUT2D eigenvalue weighted by molar-refractivity contribution is -0.133. The van der Waals surface area contributed by atoms with E-state index in [4.69, 9.17) is 10.5 Å². The first-order valence-corrected chi connectivity index (χ1v) is 7.89. The van der Waals surface area contributed by atoms with Gasteiger partial charge in [0.05, 0.1) is 25.4 Å². The van der Waals surface area contributed by atoms with Crippen molar-refractivity contribution in [3.63, 3.8) is 0 Å². The van der Waals surface area contributed by atoms with Gasteiger partial charge >= 0.3 is 5.97 Å². The summed E-state index contributed by atoms with van der Waals surface area (Å²) in [6.07, 6.45) is 3.31. The topological polar surface area (TPSA) is 93.7 Å². The Kier molecular flexibility index (Phi) is 5.59. The molecule has 2 heterocycles. The minimum Gasteiger partial charge on any atom is -0.462 e. The Bertz CT molecular complexity index is 569. The van der Waals surface area contributed by atoms with Crippen LogP contribution in [0.2, 0.25) is 0 Å². The molecule has 0 saturated carbocycles. The van der Waals surface area contributed by atoms with Gasteiger partial charge in [-0.3, -0.25) is 9.69 Å². The maximum absolute atomic E-state index is 12.2. The van der Waals surface area contributed by atoms with Crippen LogP contribution in [0, 0.1) is 0 Å². The van der Waals surface area contributed by atoms with Gasteiger partial charge in [-0.15, -0.1) is 0 Å². The normalized spacial score (nSPS) is 18.1. The van der Waals surface area contributed by atoms with Crippen molar-refractivity contribution in [2.45, 2.75) is 32.4 Å². The lowest BCUT2D eigenvalue weighted by Crippen LogP contribution is -2.43. The van der Waals surface area contributed by atoms with Crippen molar-refractivity contribution in [3.05, 3.63) is 11.8 Å². The summed E-state index contributed by atoms with van der Waals surface area (Å²) in [4.78, 5) is 27.7. The van der Waals surface area contributed by atoms with E-state index >= 15 is 0 Å².